The van der Waals surface area contributed by atoms with E-state index in [1.54, 1.807) is 38.1 Å². The van der Waals surface area contributed by atoms with Crippen molar-refractivity contribution in [2.24, 2.45) is 5.92 Å². The number of halogens is 3. The Morgan fingerprint density at radius 3 is 2.46 bits per heavy atom. The molecule has 0 saturated carbocycles. The summed E-state index contributed by atoms with van der Waals surface area (Å²) in [6.45, 7) is 3.60. The number of alkyl halides is 3. The van der Waals surface area contributed by atoms with Crippen molar-refractivity contribution in [3.05, 3.63) is 91.8 Å². The molecule has 0 spiro atoms. The van der Waals surface area contributed by atoms with Crippen LogP contribution in [0.2, 0.25) is 0 Å². The predicted molar refractivity (Wildman–Crippen MR) is 135 cm³/mol. The van der Waals surface area contributed by atoms with Crippen molar-refractivity contribution in [3.8, 4) is 5.69 Å². The number of amides is 1. The first kappa shape index (κ1) is 27.8. The van der Waals surface area contributed by atoms with Crippen molar-refractivity contribution in [2.75, 3.05) is 19.7 Å². The largest absolute Gasteiger partial charge is 0.466 e. The van der Waals surface area contributed by atoms with Crippen LogP contribution in [0.5, 0.6) is 0 Å². The van der Waals surface area contributed by atoms with Crippen LogP contribution in [0.3, 0.4) is 0 Å². The van der Waals surface area contributed by atoms with Gasteiger partial charge in [-0.25, -0.2) is 4.79 Å². The molecule has 2 aromatic carbocycles. The van der Waals surface area contributed by atoms with Gasteiger partial charge in [0.1, 0.15) is 0 Å². The zero-order valence-corrected chi connectivity index (χ0v) is 21.4. The Labute approximate surface area is 221 Å². The van der Waals surface area contributed by atoms with Gasteiger partial charge in [-0.1, -0.05) is 24.3 Å². The Morgan fingerprint density at radius 1 is 1.10 bits per heavy atom. The van der Waals surface area contributed by atoms with E-state index in [1.807, 2.05) is 0 Å². The zero-order chi connectivity index (χ0) is 28.3. The van der Waals surface area contributed by atoms with Crippen LogP contribution in [-0.4, -0.2) is 50.8 Å². The van der Waals surface area contributed by atoms with E-state index in [0.29, 0.717) is 18.5 Å². The maximum absolute atomic E-state index is 13.5. The Morgan fingerprint density at radius 2 is 1.82 bits per heavy atom. The number of piperidine rings is 1. The summed E-state index contributed by atoms with van der Waals surface area (Å²) in [5.74, 6) is -1.75. The first-order chi connectivity index (χ1) is 18.5. The van der Waals surface area contributed by atoms with Gasteiger partial charge in [0, 0.05) is 13.1 Å². The zero-order valence-electron chi connectivity index (χ0n) is 21.4. The highest BCUT2D eigenvalue weighted by molar-refractivity contribution is 5.92. The van der Waals surface area contributed by atoms with Crippen molar-refractivity contribution < 1.29 is 27.5 Å². The minimum atomic E-state index is -4.54. The third-order valence-corrected chi connectivity index (χ3v) is 6.46. The molecule has 1 saturated heterocycles. The minimum absolute atomic E-state index is 0.0290. The lowest BCUT2D eigenvalue weighted by Crippen LogP contribution is -2.49. The molecule has 1 aromatic heterocycles. The third kappa shape index (κ3) is 6.10. The number of aryl methyl sites for hydroxylation is 1. The minimum Gasteiger partial charge on any atom is -0.466 e. The number of carbonyl (C=O) groups excluding carboxylic acids is 2. The van der Waals surface area contributed by atoms with Gasteiger partial charge in [-0.2, -0.15) is 23.0 Å². The molecule has 4 rings (SSSR count). The predicted octanol–water partition coefficient (Wildman–Crippen LogP) is 3.19. The summed E-state index contributed by atoms with van der Waals surface area (Å²) in [5.41, 5.74) is -1.89. The van der Waals surface area contributed by atoms with Crippen LogP contribution in [0, 0.1) is 12.8 Å². The first-order valence-corrected chi connectivity index (χ1v) is 12.4. The first-order valence-electron chi connectivity index (χ1n) is 12.4. The average molecular weight is 545 g/mol. The smallest absolute Gasteiger partial charge is 0.416 e. The van der Waals surface area contributed by atoms with Crippen LogP contribution in [-0.2, 0) is 22.3 Å². The topological polar surface area (TPSA) is 104 Å². The lowest BCUT2D eigenvalue weighted by Gasteiger charge is -2.31. The third-order valence-electron chi connectivity index (χ3n) is 6.46. The second-order valence-electron chi connectivity index (χ2n) is 9.31. The summed E-state index contributed by atoms with van der Waals surface area (Å²) in [6, 6.07) is 10.8. The summed E-state index contributed by atoms with van der Waals surface area (Å²) in [6.07, 6.45) is -3.51. The number of carbonyl (C=O) groups is 2. The number of likely N-dealkylation sites (tertiary alicyclic amines) is 1. The highest BCUT2D eigenvalue weighted by atomic mass is 19.4. The summed E-state index contributed by atoms with van der Waals surface area (Å²) in [7, 11) is 0. The quantitative estimate of drug-likeness (QED) is 0.442. The molecular weight excluding hydrogens is 517 g/mol. The number of hydrogen-bond acceptors (Lipinski definition) is 6. The molecule has 0 N–H and O–H groups in total. The second kappa shape index (κ2) is 11.3. The number of rotatable bonds is 6. The molecule has 1 aliphatic heterocycles. The van der Waals surface area contributed by atoms with E-state index in [0.717, 1.165) is 26.9 Å². The Hall–Kier alpha value is -4.22. The van der Waals surface area contributed by atoms with Gasteiger partial charge in [-0.15, -0.1) is 0 Å². The van der Waals surface area contributed by atoms with E-state index in [4.69, 9.17) is 4.74 Å². The van der Waals surface area contributed by atoms with Crippen molar-refractivity contribution in [3.63, 3.8) is 0 Å². The number of nitrogens with zero attached hydrogens (tertiary/aromatic N) is 4. The monoisotopic (exact) mass is 544 g/mol. The fourth-order valence-corrected chi connectivity index (χ4v) is 4.46. The van der Waals surface area contributed by atoms with Gasteiger partial charge < -0.3 is 9.64 Å². The molecular formula is C27H27F3N4O5. The van der Waals surface area contributed by atoms with E-state index in [1.165, 1.54) is 17.0 Å². The van der Waals surface area contributed by atoms with E-state index in [2.05, 4.69) is 5.10 Å². The van der Waals surface area contributed by atoms with Gasteiger partial charge in [0.2, 0.25) is 5.69 Å². The molecule has 1 unspecified atom stereocenters. The number of benzene rings is 2. The van der Waals surface area contributed by atoms with Crippen molar-refractivity contribution in [1.82, 2.24) is 19.2 Å². The van der Waals surface area contributed by atoms with Gasteiger partial charge in [-0.3, -0.25) is 19.0 Å². The fraction of sp³-hybridized carbons (Fsp3) is 0.370. The molecule has 1 atom stereocenters. The summed E-state index contributed by atoms with van der Waals surface area (Å²) >= 11 is 0. The van der Waals surface area contributed by atoms with Crippen LogP contribution in [0.1, 0.15) is 46.9 Å². The van der Waals surface area contributed by atoms with Crippen molar-refractivity contribution in [1.29, 1.82) is 0 Å². The average Bonchev–Trinajstić information content (AvgIpc) is 2.91. The number of ether oxygens (including phenoxy) is 1. The Bertz CT molecular complexity index is 1490. The van der Waals surface area contributed by atoms with Gasteiger partial charge in [-0.05, 0) is 62.1 Å². The number of esters is 1. The van der Waals surface area contributed by atoms with E-state index < -0.39 is 46.5 Å². The highest BCUT2D eigenvalue weighted by Gasteiger charge is 2.33. The standard InChI is InChI=1S/C27H27F3N4O5/c1-3-39-25(37)19-7-5-13-32(16-19)23(35)22-24(36)33(15-18-9-11-20(12-10-18)27(28,29)30)26(38)34(31-22)21-8-4-6-17(2)14-21/h4,6,8-12,14,19H,3,5,7,13,15-16H2,1-2H3. The molecule has 1 fully saturated rings. The molecule has 0 bridgehead atoms. The summed E-state index contributed by atoms with van der Waals surface area (Å²) in [5, 5.41) is 4.13. The molecule has 39 heavy (non-hydrogen) atoms. The molecule has 2 heterocycles. The molecule has 0 radical (unpaired) electrons. The van der Waals surface area contributed by atoms with Gasteiger partial charge in [0.25, 0.3) is 11.5 Å². The van der Waals surface area contributed by atoms with Crippen LogP contribution < -0.4 is 11.2 Å². The lowest BCUT2D eigenvalue weighted by atomic mass is 9.98. The molecule has 1 aliphatic rings. The van der Waals surface area contributed by atoms with E-state index in [-0.39, 0.29) is 31.8 Å². The molecule has 9 nitrogen and oxygen atoms in total. The maximum atomic E-state index is 13.5. The highest BCUT2D eigenvalue weighted by Crippen LogP contribution is 2.29. The lowest BCUT2D eigenvalue weighted by molar-refractivity contribution is -0.149. The van der Waals surface area contributed by atoms with E-state index >= 15 is 0 Å². The van der Waals surface area contributed by atoms with Crippen LogP contribution >= 0.6 is 0 Å². The Kier molecular flexibility index (Phi) is 8.03. The summed E-state index contributed by atoms with van der Waals surface area (Å²) < 4.78 is 45.8. The van der Waals surface area contributed by atoms with Gasteiger partial charge in [0.15, 0.2) is 0 Å². The summed E-state index contributed by atoms with van der Waals surface area (Å²) in [4.78, 5) is 54.0. The van der Waals surface area contributed by atoms with Crippen LogP contribution in [0.4, 0.5) is 13.2 Å². The van der Waals surface area contributed by atoms with Gasteiger partial charge in [0.05, 0.1) is 30.3 Å². The van der Waals surface area contributed by atoms with E-state index in [9.17, 15) is 32.3 Å². The van der Waals surface area contributed by atoms with Crippen molar-refractivity contribution in [2.45, 2.75) is 39.4 Å². The molecule has 3 aromatic rings. The van der Waals surface area contributed by atoms with Gasteiger partial charge >= 0.3 is 17.8 Å². The normalized spacial score (nSPS) is 15.7. The molecule has 206 valence electrons. The van der Waals surface area contributed by atoms with Crippen LogP contribution in [0.15, 0.2) is 58.1 Å². The number of hydrogen-bond donors (Lipinski definition) is 0. The SMILES string of the molecule is CCOC(=O)C1CCCN(C(=O)c2nn(-c3cccc(C)c3)c(=O)n(Cc3ccc(C(F)(F)F)cc3)c2=O)C1. The van der Waals surface area contributed by atoms with Crippen LogP contribution in [0.25, 0.3) is 5.69 Å². The second-order valence-corrected chi connectivity index (χ2v) is 9.31. The number of aromatic nitrogens is 3. The Balaban J connectivity index is 1.77. The molecule has 0 aliphatic carbocycles. The molecule has 12 heteroatoms. The molecule has 1 amide bonds. The maximum Gasteiger partial charge on any atom is 0.416 e. The fourth-order valence-electron chi connectivity index (χ4n) is 4.46. The van der Waals surface area contributed by atoms with Crippen molar-refractivity contribution >= 4 is 11.9 Å².